The molecule has 0 aliphatic carbocycles. The average molecular weight is 414 g/mol. The Hall–Kier alpha value is -3.29. The van der Waals surface area contributed by atoms with Gasteiger partial charge in [-0.2, -0.15) is 17.6 Å². The number of aryl methyl sites for hydroxylation is 3. The zero-order valence-corrected chi connectivity index (χ0v) is 16.1. The summed E-state index contributed by atoms with van der Waals surface area (Å²) >= 11 is 0. The molecular weight excluding hydrogens is 396 g/mol. The molecule has 0 aromatic carbocycles. The lowest BCUT2D eigenvalue weighted by atomic mass is 10.0. The van der Waals surface area contributed by atoms with Crippen LogP contribution in [0.15, 0.2) is 48.9 Å². The highest BCUT2D eigenvalue weighted by Gasteiger charge is 2.34. The zero-order chi connectivity index (χ0) is 21.3. The average Bonchev–Trinajstić information content (AvgIpc) is 3.09. The first-order valence-electron chi connectivity index (χ1n) is 9.39. The fourth-order valence-corrected chi connectivity index (χ4v) is 3.44. The van der Waals surface area contributed by atoms with Gasteiger partial charge in [0.2, 0.25) is 5.95 Å². The molecule has 8 heteroatoms. The van der Waals surface area contributed by atoms with Crippen LogP contribution in [-0.4, -0.2) is 19.9 Å². The number of hydrogen-bond acceptors (Lipinski definition) is 3. The van der Waals surface area contributed by atoms with Crippen LogP contribution in [0, 0.1) is 12.9 Å². The monoisotopic (exact) mass is 414 g/mol. The number of nitrogens with one attached hydrogen (secondary N) is 1. The third-order valence-electron chi connectivity index (χ3n) is 4.93. The van der Waals surface area contributed by atoms with E-state index in [4.69, 9.17) is 0 Å². The quantitative estimate of drug-likeness (QED) is 0.361. The van der Waals surface area contributed by atoms with Crippen LogP contribution < -0.4 is 0 Å². The molecule has 0 saturated carbocycles. The number of nitrogens with zero attached hydrogens (tertiary/aromatic N) is 3. The van der Waals surface area contributed by atoms with Gasteiger partial charge in [0.05, 0.1) is 0 Å². The van der Waals surface area contributed by atoms with Gasteiger partial charge < -0.3 is 4.98 Å². The number of pyridine rings is 3. The lowest BCUT2D eigenvalue weighted by molar-refractivity contribution is -0.141. The van der Waals surface area contributed by atoms with Crippen LogP contribution in [0.4, 0.5) is 17.6 Å². The molecule has 4 aromatic rings. The number of alkyl halides is 3. The molecule has 0 saturated heterocycles. The molecule has 0 aliphatic heterocycles. The van der Waals surface area contributed by atoms with E-state index >= 15 is 0 Å². The van der Waals surface area contributed by atoms with Crippen LogP contribution in [0.2, 0.25) is 0 Å². The minimum atomic E-state index is -4.52. The maximum Gasteiger partial charge on any atom is 0.433 e. The molecule has 154 valence electrons. The largest absolute Gasteiger partial charge is 0.433 e. The third-order valence-corrected chi connectivity index (χ3v) is 4.93. The van der Waals surface area contributed by atoms with E-state index in [2.05, 4.69) is 19.9 Å². The minimum Gasteiger partial charge on any atom is -0.346 e. The standard InChI is InChI=1S/C22H18F4N4/c1-13-9-18-16(12-29-21(18)28-11-13)10-15-5-7-17(30-20(15)23)6-4-14-3-2-8-27-19(14)22(24,25)26/h2-3,5,7-9,11-12H,4,6,10H2,1H3,(H,28,29). The molecular formula is C22H18F4N4. The predicted molar refractivity (Wildman–Crippen MR) is 104 cm³/mol. The van der Waals surface area contributed by atoms with Gasteiger partial charge in [0.1, 0.15) is 11.3 Å². The Morgan fingerprint density at radius 3 is 2.60 bits per heavy atom. The van der Waals surface area contributed by atoms with Gasteiger partial charge in [-0.15, -0.1) is 0 Å². The van der Waals surface area contributed by atoms with E-state index in [1.807, 2.05) is 13.0 Å². The summed E-state index contributed by atoms with van der Waals surface area (Å²) < 4.78 is 53.8. The number of fused-ring (bicyclic) bond motifs is 1. The van der Waals surface area contributed by atoms with Crippen LogP contribution in [-0.2, 0) is 25.4 Å². The van der Waals surface area contributed by atoms with Crippen molar-refractivity contribution in [1.82, 2.24) is 19.9 Å². The number of aromatic amines is 1. The molecule has 0 fully saturated rings. The third kappa shape index (κ3) is 4.17. The first kappa shape index (κ1) is 20.0. The molecule has 0 radical (unpaired) electrons. The number of hydrogen-bond donors (Lipinski definition) is 1. The highest BCUT2D eigenvalue weighted by molar-refractivity contribution is 5.80. The van der Waals surface area contributed by atoms with Crippen molar-refractivity contribution in [2.45, 2.75) is 32.4 Å². The summed E-state index contributed by atoms with van der Waals surface area (Å²) in [5.74, 6) is -0.621. The summed E-state index contributed by atoms with van der Waals surface area (Å²) in [6.07, 6.45) is 0.735. The smallest absolute Gasteiger partial charge is 0.346 e. The number of halogens is 4. The molecule has 1 N–H and O–H groups in total. The van der Waals surface area contributed by atoms with E-state index < -0.39 is 17.8 Å². The maximum atomic E-state index is 14.6. The van der Waals surface area contributed by atoms with Gasteiger partial charge in [-0.25, -0.2) is 9.97 Å². The molecule has 0 atom stereocenters. The van der Waals surface area contributed by atoms with Crippen molar-refractivity contribution < 1.29 is 17.6 Å². The Kier molecular flexibility index (Phi) is 5.24. The number of rotatable bonds is 5. The van der Waals surface area contributed by atoms with Gasteiger partial charge in [-0.05, 0) is 54.7 Å². The van der Waals surface area contributed by atoms with Crippen LogP contribution >= 0.6 is 0 Å². The highest BCUT2D eigenvalue weighted by atomic mass is 19.4. The second-order valence-electron chi connectivity index (χ2n) is 7.16. The van der Waals surface area contributed by atoms with Crippen LogP contribution in [0.3, 0.4) is 0 Å². The zero-order valence-electron chi connectivity index (χ0n) is 16.1. The Labute approximate surface area is 170 Å². The highest BCUT2D eigenvalue weighted by Crippen LogP contribution is 2.30. The molecule has 0 bridgehead atoms. The Bertz CT molecular complexity index is 1200. The minimum absolute atomic E-state index is 0.0675. The van der Waals surface area contributed by atoms with E-state index in [9.17, 15) is 17.6 Å². The second-order valence-corrected chi connectivity index (χ2v) is 7.16. The first-order chi connectivity index (χ1) is 14.3. The lowest BCUT2D eigenvalue weighted by Crippen LogP contribution is -2.12. The molecule has 4 aromatic heterocycles. The lowest BCUT2D eigenvalue weighted by Gasteiger charge is -2.11. The molecule has 0 unspecified atom stereocenters. The Morgan fingerprint density at radius 2 is 1.83 bits per heavy atom. The van der Waals surface area contributed by atoms with E-state index in [1.165, 1.54) is 12.1 Å². The fraction of sp³-hybridized carbons (Fsp3) is 0.227. The van der Waals surface area contributed by atoms with Crippen molar-refractivity contribution in [3.05, 3.63) is 88.5 Å². The molecule has 0 aliphatic rings. The topological polar surface area (TPSA) is 54.5 Å². The summed E-state index contributed by atoms with van der Waals surface area (Å²) in [5, 5.41) is 0.926. The van der Waals surface area contributed by atoms with Gasteiger partial charge in [-0.1, -0.05) is 12.1 Å². The van der Waals surface area contributed by atoms with Gasteiger partial charge in [-0.3, -0.25) is 4.98 Å². The van der Waals surface area contributed by atoms with Gasteiger partial charge in [0.25, 0.3) is 0 Å². The normalized spacial score (nSPS) is 11.9. The van der Waals surface area contributed by atoms with Gasteiger partial charge in [0, 0.05) is 41.7 Å². The van der Waals surface area contributed by atoms with Crippen LogP contribution in [0.5, 0.6) is 0 Å². The van der Waals surface area contributed by atoms with E-state index in [1.54, 1.807) is 24.5 Å². The number of aromatic nitrogens is 4. The predicted octanol–water partition coefficient (Wildman–Crippen LogP) is 5.20. The SMILES string of the molecule is Cc1cnc2[nH]cc(Cc3ccc(CCc4cccnc4C(F)(F)F)nc3F)c2c1. The van der Waals surface area contributed by atoms with E-state index in [0.29, 0.717) is 17.7 Å². The summed E-state index contributed by atoms with van der Waals surface area (Å²) in [7, 11) is 0. The van der Waals surface area contributed by atoms with Crippen molar-refractivity contribution in [1.29, 1.82) is 0 Å². The first-order valence-corrected chi connectivity index (χ1v) is 9.39. The van der Waals surface area contributed by atoms with Crippen LogP contribution in [0.25, 0.3) is 11.0 Å². The van der Waals surface area contributed by atoms with Crippen molar-refractivity contribution in [3.63, 3.8) is 0 Å². The van der Waals surface area contributed by atoms with Crippen LogP contribution in [0.1, 0.15) is 33.6 Å². The van der Waals surface area contributed by atoms with E-state index in [0.717, 1.165) is 28.4 Å². The molecule has 0 amide bonds. The van der Waals surface area contributed by atoms with E-state index in [-0.39, 0.29) is 18.4 Å². The summed E-state index contributed by atoms with van der Waals surface area (Å²) in [5.41, 5.74) is 2.61. The summed E-state index contributed by atoms with van der Waals surface area (Å²) in [6, 6.07) is 8.11. The summed E-state index contributed by atoms with van der Waals surface area (Å²) in [6.45, 7) is 1.94. The van der Waals surface area contributed by atoms with Crippen molar-refractivity contribution >= 4 is 11.0 Å². The second kappa shape index (κ2) is 7.85. The number of H-pyrrole nitrogens is 1. The van der Waals surface area contributed by atoms with Crippen molar-refractivity contribution in [2.24, 2.45) is 0 Å². The van der Waals surface area contributed by atoms with Gasteiger partial charge >= 0.3 is 6.18 Å². The van der Waals surface area contributed by atoms with Crippen molar-refractivity contribution in [2.75, 3.05) is 0 Å². The molecule has 4 heterocycles. The summed E-state index contributed by atoms with van der Waals surface area (Å²) in [4.78, 5) is 14.8. The fourth-order valence-electron chi connectivity index (χ4n) is 3.44. The molecule has 0 spiro atoms. The van der Waals surface area contributed by atoms with Crippen molar-refractivity contribution in [3.8, 4) is 0 Å². The molecule has 30 heavy (non-hydrogen) atoms. The maximum absolute atomic E-state index is 14.6. The Balaban J connectivity index is 1.51. The molecule has 4 nitrogen and oxygen atoms in total. The molecule has 4 rings (SSSR count). The Morgan fingerprint density at radius 1 is 1.00 bits per heavy atom. The van der Waals surface area contributed by atoms with Gasteiger partial charge in [0.15, 0.2) is 0 Å².